The Morgan fingerprint density at radius 2 is 2.00 bits per heavy atom. The van der Waals surface area contributed by atoms with Crippen molar-refractivity contribution in [1.29, 1.82) is 0 Å². The van der Waals surface area contributed by atoms with Gasteiger partial charge in [-0.15, -0.1) is 0 Å². The van der Waals surface area contributed by atoms with E-state index in [2.05, 4.69) is 9.97 Å². The van der Waals surface area contributed by atoms with E-state index in [4.69, 9.17) is 0 Å². The van der Waals surface area contributed by atoms with Crippen LogP contribution in [-0.4, -0.2) is 25.4 Å². The Morgan fingerprint density at radius 3 is 2.56 bits per heavy atom. The van der Waals surface area contributed by atoms with Gasteiger partial charge in [-0.05, 0) is 25.5 Å². The van der Waals surface area contributed by atoms with Crippen molar-refractivity contribution in [2.24, 2.45) is 0 Å². The molecule has 96 valence electrons. The third-order valence-corrected chi connectivity index (χ3v) is 4.50. The summed E-state index contributed by atoms with van der Waals surface area (Å²) in [6.07, 6.45) is 2.65. The fraction of sp³-hybridized carbons (Fsp3) is 0.250. The highest BCUT2D eigenvalue weighted by Crippen LogP contribution is 2.24. The number of aryl methyl sites for hydroxylation is 2. The van der Waals surface area contributed by atoms with E-state index < -0.39 is 10.0 Å². The first kappa shape index (κ1) is 12.6. The molecule has 0 aliphatic heterocycles. The molecule has 0 fully saturated rings. The van der Waals surface area contributed by atoms with Crippen LogP contribution in [0.5, 0.6) is 0 Å². The van der Waals surface area contributed by atoms with E-state index >= 15 is 0 Å². The van der Waals surface area contributed by atoms with Gasteiger partial charge < -0.3 is 4.98 Å². The van der Waals surface area contributed by atoms with Crippen LogP contribution in [0.2, 0.25) is 0 Å². The predicted octanol–water partition coefficient (Wildman–Crippen LogP) is 1.85. The molecule has 1 aromatic carbocycles. The summed E-state index contributed by atoms with van der Waals surface area (Å²) in [6, 6.07) is 5.65. The molecule has 2 aromatic rings. The molecular formula is C12H15N3O2S. The minimum atomic E-state index is -3.57. The monoisotopic (exact) mass is 265 g/mol. The molecule has 0 aliphatic carbocycles. The number of hydrogen-bond donors (Lipinski definition) is 1. The first-order chi connectivity index (χ1) is 8.43. The Balaban J connectivity index is 2.46. The number of hydrogen-bond acceptors (Lipinski definition) is 3. The van der Waals surface area contributed by atoms with Crippen molar-refractivity contribution in [2.45, 2.75) is 18.9 Å². The van der Waals surface area contributed by atoms with Crippen molar-refractivity contribution in [3.8, 4) is 0 Å². The number of anilines is 1. The average Bonchev–Trinajstić information content (AvgIpc) is 2.82. The Hall–Kier alpha value is -1.82. The van der Waals surface area contributed by atoms with Crippen LogP contribution in [0.15, 0.2) is 35.7 Å². The van der Waals surface area contributed by atoms with Gasteiger partial charge in [0.2, 0.25) is 0 Å². The summed E-state index contributed by atoms with van der Waals surface area (Å²) >= 11 is 0. The minimum Gasteiger partial charge on any atom is -0.334 e. The van der Waals surface area contributed by atoms with Crippen LogP contribution >= 0.6 is 0 Å². The van der Waals surface area contributed by atoms with E-state index in [1.54, 1.807) is 6.07 Å². The summed E-state index contributed by atoms with van der Waals surface area (Å²) in [5, 5.41) is 0.0879. The Bertz CT molecular complexity index is 648. The highest BCUT2D eigenvalue weighted by atomic mass is 32.2. The maximum absolute atomic E-state index is 12.3. The number of sulfonamides is 1. The summed E-state index contributed by atoms with van der Waals surface area (Å²) in [5.74, 6) is 0. The van der Waals surface area contributed by atoms with Gasteiger partial charge in [-0.3, -0.25) is 4.31 Å². The zero-order valence-electron chi connectivity index (χ0n) is 10.5. The lowest BCUT2D eigenvalue weighted by molar-refractivity contribution is 0.591. The molecule has 0 amide bonds. The minimum absolute atomic E-state index is 0.0879. The third kappa shape index (κ3) is 2.11. The van der Waals surface area contributed by atoms with E-state index in [1.165, 1.54) is 23.9 Å². The Kier molecular flexibility index (Phi) is 3.13. The number of nitrogens with one attached hydrogen (secondary N) is 1. The molecule has 0 saturated carbocycles. The highest BCUT2D eigenvalue weighted by molar-refractivity contribution is 7.92. The highest BCUT2D eigenvalue weighted by Gasteiger charge is 2.23. The van der Waals surface area contributed by atoms with E-state index in [-0.39, 0.29) is 5.03 Å². The van der Waals surface area contributed by atoms with Crippen molar-refractivity contribution in [2.75, 3.05) is 11.4 Å². The molecule has 0 saturated heterocycles. The molecule has 0 spiro atoms. The van der Waals surface area contributed by atoms with Crippen LogP contribution in [0, 0.1) is 13.8 Å². The second-order valence-corrected chi connectivity index (χ2v) is 6.12. The van der Waals surface area contributed by atoms with Crippen LogP contribution in [0.1, 0.15) is 11.1 Å². The second kappa shape index (κ2) is 4.45. The maximum Gasteiger partial charge on any atom is 0.281 e. The Morgan fingerprint density at radius 1 is 1.28 bits per heavy atom. The average molecular weight is 265 g/mol. The topological polar surface area (TPSA) is 66.1 Å². The van der Waals surface area contributed by atoms with Gasteiger partial charge in [0.15, 0.2) is 5.03 Å². The lowest BCUT2D eigenvalue weighted by Crippen LogP contribution is -2.27. The zero-order valence-corrected chi connectivity index (χ0v) is 11.3. The lowest BCUT2D eigenvalue weighted by atomic mass is 10.1. The number of nitrogens with zero attached hydrogens (tertiary/aromatic N) is 2. The fourth-order valence-electron chi connectivity index (χ4n) is 1.82. The molecule has 2 rings (SSSR count). The van der Waals surface area contributed by atoms with Crippen molar-refractivity contribution in [1.82, 2.24) is 9.97 Å². The second-order valence-electron chi connectivity index (χ2n) is 4.18. The number of H-pyrrole nitrogens is 1. The summed E-state index contributed by atoms with van der Waals surface area (Å²) < 4.78 is 25.8. The van der Waals surface area contributed by atoms with Crippen LogP contribution < -0.4 is 4.31 Å². The first-order valence-corrected chi connectivity index (χ1v) is 6.91. The molecule has 18 heavy (non-hydrogen) atoms. The molecule has 0 unspecified atom stereocenters. The summed E-state index contributed by atoms with van der Waals surface area (Å²) in [6.45, 7) is 3.86. The van der Waals surface area contributed by atoms with Crippen molar-refractivity contribution >= 4 is 15.7 Å². The molecule has 1 aromatic heterocycles. The van der Waals surface area contributed by atoms with E-state index in [0.717, 1.165) is 11.1 Å². The van der Waals surface area contributed by atoms with E-state index in [1.807, 2.05) is 26.0 Å². The van der Waals surface area contributed by atoms with Gasteiger partial charge >= 0.3 is 0 Å². The quantitative estimate of drug-likeness (QED) is 0.921. The van der Waals surface area contributed by atoms with Crippen LogP contribution in [0.25, 0.3) is 0 Å². The predicted molar refractivity (Wildman–Crippen MR) is 70.1 cm³/mol. The molecule has 5 nitrogen and oxygen atoms in total. The van der Waals surface area contributed by atoms with Crippen molar-refractivity contribution in [3.63, 3.8) is 0 Å². The third-order valence-electron chi connectivity index (χ3n) is 2.80. The fourth-order valence-corrected chi connectivity index (χ4v) is 2.97. The largest absolute Gasteiger partial charge is 0.334 e. The normalized spacial score (nSPS) is 11.5. The van der Waals surface area contributed by atoms with Gasteiger partial charge in [-0.2, -0.15) is 8.42 Å². The molecule has 1 N–H and O–H groups in total. The smallest absolute Gasteiger partial charge is 0.281 e. The van der Waals surface area contributed by atoms with Crippen LogP contribution in [0.3, 0.4) is 0 Å². The van der Waals surface area contributed by atoms with Gasteiger partial charge in [0.25, 0.3) is 10.0 Å². The number of aromatic nitrogens is 2. The number of rotatable bonds is 3. The van der Waals surface area contributed by atoms with Gasteiger partial charge in [0.05, 0.1) is 18.2 Å². The maximum atomic E-state index is 12.3. The molecule has 0 bridgehead atoms. The Labute approximate surface area is 107 Å². The van der Waals surface area contributed by atoms with Crippen molar-refractivity contribution < 1.29 is 8.42 Å². The van der Waals surface area contributed by atoms with Crippen LogP contribution in [0.4, 0.5) is 5.69 Å². The first-order valence-electron chi connectivity index (χ1n) is 5.47. The van der Waals surface area contributed by atoms with E-state index in [0.29, 0.717) is 5.69 Å². The van der Waals surface area contributed by atoms with Gasteiger partial charge in [-0.1, -0.05) is 17.7 Å². The van der Waals surface area contributed by atoms with Gasteiger partial charge in [0.1, 0.15) is 0 Å². The standard InChI is InChI=1S/C12H15N3O2S/c1-9-4-5-11(10(2)6-9)15(3)18(16,17)12-7-13-8-14-12/h4-8H,1-3H3,(H,13,14). The SMILES string of the molecule is Cc1ccc(N(C)S(=O)(=O)c2cnc[nH]2)c(C)c1. The van der Waals surface area contributed by atoms with E-state index in [9.17, 15) is 8.42 Å². The molecular weight excluding hydrogens is 250 g/mol. The number of aromatic amines is 1. The van der Waals surface area contributed by atoms with Crippen molar-refractivity contribution in [3.05, 3.63) is 41.9 Å². The molecule has 0 radical (unpaired) electrons. The molecule has 0 atom stereocenters. The van der Waals surface area contributed by atoms with Crippen LogP contribution in [-0.2, 0) is 10.0 Å². The summed E-state index contributed by atoms with van der Waals surface area (Å²) in [4.78, 5) is 6.36. The number of imidazole rings is 1. The molecule has 6 heteroatoms. The molecule has 0 aliphatic rings. The van der Waals surface area contributed by atoms with Gasteiger partial charge in [0, 0.05) is 7.05 Å². The lowest BCUT2D eigenvalue weighted by Gasteiger charge is -2.20. The summed E-state index contributed by atoms with van der Waals surface area (Å²) in [5.41, 5.74) is 2.68. The number of benzene rings is 1. The van der Waals surface area contributed by atoms with Gasteiger partial charge in [-0.25, -0.2) is 4.98 Å². The summed E-state index contributed by atoms with van der Waals surface area (Å²) in [7, 11) is -2.03. The molecule has 1 heterocycles. The zero-order chi connectivity index (χ0) is 13.3.